The summed E-state index contributed by atoms with van der Waals surface area (Å²) in [6.07, 6.45) is 6.15. The summed E-state index contributed by atoms with van der Waals surface area (Å²) in [6.45, 7) is 3.61. The number of nitrogens with zero attached hydrogens (tertiary/aromatic N) is 1. The minimum atomic E-state index is -0.321. The number of benzene rings is 1. The molecule has 22 heavy (non-hydrogen) atoms. The molecule has 0 atom stereocenters. The summed E-state index contributed by atoms with van der Waals surface area (Å²) in [5.41, 5.74) is 3.55. The number of aryl methyl sites for hydroxylation is 2. The van der Waals surface area contributed by atoms with Gasteiger partial charge in [-0.25, -0.2) is 0 Å². The molecule has 1 heterocycles. The van der Waals surface area contributed by atoms with E-state index in [0.717, 1.165) is 18.5 Å². The largest absolute Gasteiger partial charge is 0.493 e. The Morgan fingerprint density at radius 3 is 2.95 bits per heavy atom. The Morgan fingerprint density at radius 2 is 2.18 bits per heavy atom. The van der Waals surface area contributed by atoms with Crippen molar-refractivity contribution in [3.8, 4) is 5.88 Å². The number of hydrogen-bond donors (Lipinski definition) is 3. The second-order valence-corrected chi connectivity index (χ2v) is 5.51. The summed E-state index contributed by atoms with van der Waals surface area (Å²) in [7, 11) is 0. The zero-order valence-electron chi connectivity index (χ0n) is 12.4. The smallest absolute Gasteiger partial charge is 0.259 e. The third kappa shape index (κ3) is 2.88. The fraction of sp³-hybridized carbons (Fsp3) is 0.294. The lowest BCUT2D eigenvalue weighted by atomic mass is 10.1. The van der Waals surface area contributed by atoms with Crippen molar-refractivity contribution >= 4 is 11.6 Å². The summed E-state index contributed by atoms with van der Waals surface area (Å²) in [4.78, 5) is 18.7. The minimum Gasteiger partial charge on any atom is -0.493 e. The van der Waals surface area contributed by atoms with Gasteiger partial charge in [0.25, 0.3) is 5.56 Å². The SMILES string of the molecule is C=CCCc1c(O)nc(Nc2ccc3c(c2)CCC3)[nH]c1=O. The first-order valence-corrected chi connectivity index (χ1v) is 7.49. The van der Waals surface area contributed by atoms with Gasteiger partial charge in [-0.15, -0.1) is 6.58 Å². The van der Waals surface area contributed by atoms with E-state index in [2.05, 4.69) is 34.0 Å². The molecule has 3 rings (SSSR count). The molecule has 0 aliphatic heterocycles. The lowest BCUT2D eigenvalue weighted by Gasteiger charge is -2.09. The molecule has 0 fully saturated rings. The maximum Gasteiger partial charge on any atom is 0.259 e. The van der Waals surface area contributed by atoms with Crippen molar-refractivity contribution in [2.24, 2.45) is 0 Å². The average Bonchev–Trinajstić information content (AvgIpc) is 2.94. The predicted octanol–water partition coefficient (Wildman–Crippen LogP) is 2.83. The summed E-state index contributed by atoms with van der Waals surface area (Å²) in [5.74, 6) is 0.0251. The highest BCUT2D eigenvalue weighted by atomic mass is 16.3. The van der Waals surface area contributed by atoms with Crippen LogP contribution in [0.4, 0.5) is 11.6 Å². The highest BCUT2D eigenvalue weighted by Crippen LogP contribution is 2.26. The summed E-state index contributed by atoms with van der Waals surface area (Å²) in [5, 5.41) is 13.0. The van der Waals surface area contributed by atoms with Crippen LogP contribution < -0.4 is 10.9 Å². The number of nitrogens with one attached hydrogen (secondary N) is 2. The molecule has 5 heteroatoms. The van der Waals surface area contributed by atoms with E-state index in [4.69, 9.17) is 0 Å². The van der Waals surface area contributed by atoms with Crippen molar-refractivity contribution in [2.45, 2.75) is 32.1 Å². The van der Waals surface area contributed by atoms with Crippen molar-refractivity contribution in [2.75, 3.05) is 5.32 Å². The zero-order valence-corrected chi connectivity index (χ0v) is 12.4. The zero-order chi connectivity index (χ0) is 15.5. The number of aromatic hydroxyl groups is 1. The third-order valence-electron chi connectivity index (χ3n) is 3.95. The number of allylic oxidation sites excluding steroid dienone is 1. The molecule has 1 aromatic carbocycles. The molecule has 114 valence electrons. The summed E-state index contributed by atoms with van der Waals surface area (Å²) in [6, 6.07) is 6.14. The van der Waals surface area contributed by atoms with Gasteiger partial charge < -0.3 is 10.4 Å². The molecule has 2 aromatic rings. The highest BCUT2D eigenvalue weighted by Gasteiger charge is 2.13. The van der Waals surface area contributed by atoms with Crippen LogP contribution in [0.3, 0.4) is 0 Å². The molecule has 1 aromatic heterocycles. The van der Waals surface area contributed by atoms with Gasteiger partial charge in [-0.3, -0.25) is 9.78 Å². The highest BCUT2D eigenvalue weighted by molar-refractivity contribution is 5.57. The van der Waals surface area contributed by atoms with Crippen LogP contribution in [0.1, 0.15) is 29.5 Å². The normalized spacial score (nSPS) is 12.9. The monoisotopic (exact) mass is 297 g/mol. The predicted molar refractivity (Wildman–Crippen MR) is 86.8 cm³/mol. The van der Waals surface area contributed by atoms with E-state index in [-0.39, 0.29) is 17.4 Å². The van der Waals surface area contributed by atoms with Crippen molar-refractivity contribution in [3.05, 3.63) is 57.9 Å². The molecular formula is C17H19N3O2. The second kappa shape index (κ2) is 6.05. The van der Waals surface area contributed by atoms with Crippen LogP contribution in [0.15, 0.2) is 35.6 Å². The molecule has 5 nitrogen and oxygen atoms in total. The van der Waals surface area contributed by atoms with Crippen molar-refractivity contribution < 1.29 is 5.11 Å². The molecule has 0 unspecified atom stereocenters. The lowest BCUT2D eigenvalue weighted by molar-refractivity contribution is 0.444. The first-order valence-electron chi connectivity index (χ1n) is 7.49. The number of anilines is 2. The van der Waals surface area contributed by atoms with Gasteiger partial charge in [0.2, 0.25) is 11.8 Å². The van der Waals surface area contributed by atoms with Gasteiger partial charge in [0.15, 0.2) is 0 Å². The summed E-state index contributed by atoms with van der Waals surface area (Å²) >= 11 is 0. The number of H-pyrrole nitrogens is 1. The topological polar surface area (TPSA) is 78.0 Å². The van der Waals surface area contributed by atoms with Gasteiger partial charge in [0, 0.05) is 5.69 Å². The number of aromatic nitrogens is 2. The van der Waals surface area contributed by atoms with Gasteiger partial charge in [-0.2, -0.15) is 4.98 Å². The van der Waals surface area contributed by atoms with E-state index in [1.54, 1.807) is 6.08 Å². The molecule has 1 aliphatic carbocycles. The van der Waals surface area contributed by atoms with Crippen LogP contribution in [0.5, 0.6) is 5.88 Å². The van der Waals surface area contributed by atoms with E-state index < -0.39 is 0 Å². The Balaban J connectivity index is 1.83. The molecule has 3 N–H and O–H groups in total. The fourth-order valence-electron chi connectivity index (χ4n) is 2.80. The average molecular weight is 297 g/mol. The van der Waals surface area contributed by atoms with Gasteiger partial charge in [-0.05, 0) is 55.4 Å². The van der Waals surface area contributed by atoms with E-state index >= 15 is 0 Å². The standard InChI is InChI=1S/C17H19N3O2/c1-2-3-7-14-15(21)19-17(20-16(14)22)18-13-9-8-11-5-4-6-12(11)10-13/h2,8-10H,1,3-7H2,(H3,18,19,20,21,22). The Morgan fingerprint density at radius 1 is 1.36 bits per heavy atom. The first-order chi connectivity index (χ1) is 10.7. The van der Waals surface area contributed by atoms with Crippen LogP contribution in [0, 0.1) is 0 Å². The number of aromatic amines is 1. The number of fused-ring (bicyclic) bond motifs is 1. The van der Waals surface area contributed by atoms with E-state index in [9.17, 15) is 9.90 Å². The second-order valence-electron chi connectivity index (χ2n) is 5.51. The maximum atomic E-state index is 12.0. The fourth-order valence-corrected chi connectivity index (χ4v) is 2.80. The van der Waals surface area contributed by atoms with E-state index in [1.807, 2.05) is 6.07 Å². The quantitative estimate of drug-likeness (QED) is 0.742. The molecule has 0 spiro atoms. The molecule has 1 aliphatic rings. The van der Waals surface area contributed by atoms with Crippen LogP contribution >= 0.6 is 0 Å². The van der Waals surface area contributed by atoms with Crippen LogP contribution in [0.2, 0.25) is 0 Å². The van der Waals surface area contributed by atoms with Gasteiger partial charge >= 0.3 is 0 Å². The Labute approximate surface area is 128 Å². The Bertz CT molecular complexity index is 765. The van der Waals surface area contributed by atoms with Crippen molar-refractivity contribution in [1.82, 2.24) is 9.97 Å². The molecule has 0 bridgehead atoms. The van der Waals surface area contributed by atoms with E-state index in [0.29, 0.717) is 18.4 Å². The van der Waals surface area contributed by atoms with Gasteiger partial charge in [-0.1, -0.05) is 12.1 Å². The van der Waals surface area contributed by atoms with Gasteiger partial charge in [0.05, 0.1) is 5.56 Å². The molecule has 0 saturated heterocycles. The van der Waals surface area contributed by atoms with E-state index in [1.165, 1.54) is 17.5 Å². The Hall–Kier alpha value is -2.56. The van der Waals surface area contributed by atoms with Crippen molar-refractivity contribution in [1.29, 1.82) is 0 Å². The molecule has 0 saturated carbocycles. The lowest BCUT2D eigenvalue weighted by Crippen LogP contribution is -2.16. The molecule has 0 amide bonds. The first kappa shape index (κ1) is 14.4. The van der Waals surface area contributed by atoms with Crippen LogP contribution in [-0.4, -0.2) is 15.1 Å². The van der Waals surface area contributed by atoms with Gasteiger partial charge in [0.1, 0.15) is 0 Å². The maximum absolute atomic E-state index is 12.0. The molecule has 0 radical (unpaired) electrons. The molecular weight excluding hydrogens is 278 g/mol. The summed E-state index contributed by atoms with van der Waals surface area (Å²) < 4.78 is 0. The number of rotatable bonds is 5. The number of hydrogen-bond acceptors (Lipinski definition) is 4. The van der Waals surface area contributed by atoms with Crippen LogP contribution in [0.25, 0.3) is 0 Å². The van der Waals surface area contributed by atoms with Crippen LogP contribution in [-0.2, 0) is 19.3 Å². The Kier molecular flexibility index (Phi) is 3.96. The van der Waals surface area contributed by atoms with Crippen molar-refractivity contribution in [3.63, 3.8) is 0 Å². The minimum absolute atomic E-state index is 0.228. The third-order valence-corrected chi connectivity index (χ3v) is 3.95.